The first-order valence-electron chi connectivity index (χ1n) is 8.50. The molecule has 1 saturated heterocycles. The molecule has 0 aromatic heterocycles. The van der Waals surface area contributed by atoms with Crippen molar-refractivity contribution in [1.82, 2.24) is 10.2 Å². The first-order valence-corrected chi connectivity index (χ1v) is 8.50. The van der Waals surface area contributed by atoms with Crippen molar-refractivity contribution in [2.24, 2.45) is 0 Å². The zero-order valence-corrected chi connectivity index (χ0v) is 15.3. The Morgan fingerprint density at radius 1 is 1.16 bits per heavy atom. The molecule has 1 aliphatic rings. The lowest BCUT2D eigenvalue weighted by Gasteiger charge is -2.32. The molecule has 2 aromatic carbocycles. The Morgan fingerprint density at radius 2 is 1.88 bits per heavy atom. The van der Waals surface area contributed by atoms with Crippen LogP contribution in [0.25, 0.3) is 11.1 Å². The number of likely N-dealkylation sites (tertiary alicyclic amines) is 1. The van der Waals surface area contributed by atoms with Crippen LogP contribution in [0.3, 0.4) is 0 Å². The number of para-hydroxylation sites is 1. The summed E-state index contributed by atoms with van der Waals surface area (Å²) in [7, 11) is 1.95. The van der Waals surface area contributed by atoms with Gasteiger partial charge in [0.2, 0.25) is 0 Å². The van der Waals surface area contributed by atoms with Crippen LogP contribution in [-0.2, 0) is 4.79 Å². The molecule has 2 aromatic rings. The van der Waals surface area contributed by atoms with E-state index >= 15 is 0 Å². The van der Waals surface area contributed by atoms with Crippen molar-refractivity contribution >= 4 is 18.3 Å². The summed E-state index contributed by atoms with van der Waals surface area (Å²) in [5.74, 6) is 0.803. The Bertz CT molecular complexity index is 678. The molecule has 1 N–H and O–H groups in total. The molecule has 4 nitrogen and oxygen atoms in total. The molecule has 134 valence electrons. The Labute approximate surface area is 155 Å². The molecule has 1 heterocycles. The van der Waals surface area contributed by atoms with Gasteiger partial charge in [-0.25, -0.2) is 0 Å². The maximum absolute atomic E-state index is 12.5. The topological polar surface area (TPSA) is 41.6 Å². The number of hydrogen-bond acceptors (Lipinski definition) is 3. The summed E-state index contributed by atoms with van der Waals surface area (Å²) in [5.41, 5.74) is 2.10. The second kappa shape index (κ2) is 9.44. The third kappa shape index (κ3) is 4.97. The van der Waals surface area contributed by atoms with Gasteiger partial charge < -0.3 is 15.0 Å². The SMILES string of the molecule is CNC1CCCN(C(=O)COc2ccccc2-c2ccccc2)C1.Cl. The molecule has 1 amide bonds. The predicted molar refractivity (Wildman–Crippen MR) is 103 cm³/mol. The number of nitrogens with one attached hydrogen (secondary N) is 1. The molecule has 3 rings (SSSR count). The van der Waals surface area contributed by atoms with E-state index < -0.39 is 0 Å². The predicted octanol–water partition coefficient (Wildman–Crippen LogP) is 3.36. The fraction of sp³-hybridized carbons (Fsp3) is 0.350. The van der Waals surface area contributed by atoms with E-state index in [0.717, 1.165) is 42.8 Å². The van der Waals surface area contributed by atoms with Crippen molar-refractivity contribution in [2.45, 2.75) is 18.9 Å². The van der Waals surface area contributed by atoms with Gasteiger partial charge in [0, 0.05) is 24.7 Å². The van der Waals surface area contributed by atoms with Crippen molar-refractivity contribution in [3.8, 4) is 16.9 Å². The average Bonchev–Trinajstić information content (AvgIpc) is 2.67. The van der Waals surface area contributed by atoms with Crippen LogP contribution in [0.4, 0.5) is 0 Å². The number of nitrogens with zero attached hydrogens (tertiary/aromatic N) is 1. The number of halogens is 1. The van der Waals surface area contributed by atoms with Gasteiger partial charge >= 0.3 is 0 Å². The normalized spacial score (nSPS) is 16.8. The number of hydrogen-bond donors (Lipinski definition) is 1. The van der Waals surface area contributed by atoms with Gasteiger partial charge in [0.15, 0.2) is 6.61 Å². The maximum atomic E-state index is 12.5. The van der Waals surface area contributed by atoms with Gasteiger partial charge in [-0.1, -0.05) is 48.5 Å². The largest absolute Gasteiger partial charge is 0.483 e. The van der Waals surface area contributed by atoms with E-state index in [2.05, 4.69) is 5.32 Å². The van der Waals surface area contributed by atoms with Crippen LogP contribution >= 0.6 is 12.4 Å². The van der Waals surface area contributed by atoms with E-state index in [1.54, 1.807) is 0 Å². The van der Waals surface area contributed by atoms with Crippen LogP contribution in [0.1, 0.15) is 12.8 Å². The highest BCUT2D eigenvalue weighted by Gasteiger charge is 2.22. The summed E-state index contributed by atoms with van der Waals surface area (Å²) in [5, 5.41) is 3.26. The molecule has 25 heavy (non-hydrogen) atoms. The molecule has 1 atom stereocenters. The van der Waals surface area contributed by atoms with E-state index in [9.17, 15) is 4.79 Å². The number of amides is 1. The van der Waals surface area contributed by atoms with Gasteiger partial charge in [0.25, 0.3) is 5.91 Å². The number of benzene rings is 2. The lowest BCUT2D eigenvalue weighted by atomic mass is 10.0. The average molecular weight is 361 g/mol. The fourth-order valence-electron chi connectivity index (χ4n) is 3.12. The lowest BCUT2D eigenvalue weighted by Crippen LogP contribution is -2.48. The summed E-state index contributed by atoms with van der Waals surface area (Å²) in [6.45, 7) is 1.67. The van der Waals surface area contributed by atoms with Gasteiger partial charge in [-0.2, -0.15) is 0 Å². The number of piperidine rings is 1. The molecule has 1 aliphatic heterocycles. The maximum Gasteiger partial charge on any atom is 0.260 e. The molecule has 1 unspecified atom stereocenters. The summed E-state index contributed by atoms with van der Waals surface area (Å²) < 4.78 is 5.86. The number of likely N-dealkylation sites (N-methyl/N-ethyl adjacent to an activating group) is 1. The van der Waals surface area contributed by atoms with E-state index in [0.29, 0.717) is 6.04 Å². The first-order chi connectivity index (χ1) is 11.8. The van der Waals surface area contributed by atoms with E-state index in [4.69, 9.17) is 4.74 Å². The molecular formula is C20H25ClN2O2. The molecule has 0 radical (unpaired) electrons. The highest BCUT2D eigenvalue weighted by Crippen LogP contribution is 2.29. The van der Waals surface area contributed by atoms with Gasteiger partial charge in [-0.3, -0.25) is 4.79 Å². The third-order valence-electron chi connectivity index (χ3n) is 4.51. The third-order valence-corrected chi connectivity index (χ3v) is 4.51. The molecular weight excluding hydrogens is 336 g/mol. The van der Waals surface area contributed by atoms with E-state index in [1.165, 1.54) is 0 Å². The number of carbonyl (C=O) groups excluding carboxylic acids is 1. The van der Waals surface area contributed by atoms with Crippen LogP contribution in [0.5, 0.6) is 5.75 Å². The standard InChI is InChI=1S/C20H24N2O2.ClH/c1-21-17-10-7-13-22(14-17)20(23)15-24-19-12-6-5-11-18(19)16-8-3-2-4-9-16;/h2-6,8-9,11-12,17,21H,7,10,13-15H2,1H3;1H. The summed E-state index contributed by atoms with van der Waals surface area (Å²) in [6.07, 6.45) is 2.16. The zero-order valence-electron chi connectivity index (χ0n) is 14.5. The van der Waals surface area contributed by atoms with Crippen LogP contribution in [-0.4, -0.2) is 43.6 Å². The summed E-state index contributed by atoms with van der Waals surface area (Å²) in [4.78, 5) is 14.4. The molecule has 0 aliphatic carbocycles. The molecule has 0 saturated carbocycles. The highest BCUT2D eigenvalue weighted by molar-refractivity contribution is 5.85. The van der Waals surface area contributed by atoms with Gasteiger partial charge in [0.1, 0.15) is 5.75 Å². The Kier molecular flexibility index (Phi) is 7.29. The monoisotopic (exact) mass is 360 g/mol. The van der Waals surface area contributed by atoms with Crippen molar-refractivity contribution < 1.29 is 9.53 Å². The first kappa shape index (κ1) is 19.3. The van der Waals surface area contributed by atoms with Crippen LogP contribution in [0.15, 0.2) is 54.6 Å². The molecule has 0 bridgehead atoms. The number of rotatable bonds is 5. The second-order valence-corrected chi connectivity index (χ2v) is 6.12. The van der Waals surface area contributed by atoms with Gasteiger partial charge in [0.05, 0.1) is 0 Å². The molecule has 5 heteroatoms. The van der Waals surface area contributed by atoms with Crippen molar-refractivity contribution in [1.29, 1.82) is 0 Å². The highest BCUT2D eigenvalue weighted by atomic mass is 35.5. The van der Waals surface area contributed by atoms with Gasteiger partial charge in [-0.05, 0) is 31.5 Å². The Balaban J connectivity index is 0.00000225. The zero-order chi connectivity index (χ0) is 16.8. The number of carbonyl (C=O) groups is 1. The second-order valence-electron chi connectivity index (χ2n) is 6.12. The molecule has 0 spiro atoms. The van der Waals surface area contributed by atoms with E-state index in [-0.39, 0.29) is 24.9 Å². The van der Waals surface area contributed by atoms with Crippen molar-refractivity contribution in [2.75, 3.05) is 26.7 Å². The fourth-order valence-corrected chi connectivity index (χ4v) is 3.12. The van der Waals surface area contributed by atoms with Crippen molar-refractivity contribution in [3.63, 3.8) is 0 Å². The van der Waals surface area contributed by atoms with Gasteiger partial charge in [-0.15, -0.1) is 12.4 Å². The minimum absolute atomic E-state index is 0. The smallest absolute Gasteiger partial charge is 0.260 e. The minimum Gasteiger partial charge on any atom is -0.483 e. The number of ether oxygens (including phenoxy) is 1. The van der Waals surface area contributed by atoms with Crippen LogP contribution in [0.2, 0.25) is 0 Å². The minimum atomic E-state index is 0. The summed E-state index contributed by atoms with van der Waals surface area (Å²) in [6, 6.07) is 18.3. The Hall–Kier alpha value is -2.04. The van der Waals surface area contributed by atoms with E-state index in [1.807, 2.05) is 66.5 Å². The van der Waals surface area contributed by atoms with Crippen molar-refractivity contribution in [3.05, 3.63) is 54.6 Å². The Morgan fingerprint density at radius 3 is 2.64 bits per heavy atom. The quantitative estimate of drug-likeness (QED) is 0.888. The molecule has 1 fully saturated rings. The summed E-state index contributed by atoms with van der Waals surface area (Å²) >= 11 is 0. The van der Waals surface area contributed by atoms with Crippen LogP contribution in [0, 0.1) is 0 Å². The lowest BCUT2D eigenvalue weighted by molar-refractivity contribution is -0.134. The van der Waals surface area contributed by atoms with Crippen LogP contribution < -0.4 is 10.1 Å².